The highest BCUT2D eigenvalue weighted by atomic mass is 16.5. The Hall–Kier alpha value is -3.83. The van der Waals surface area contributed by atoms with Crippen LogP contribution in [0.25, 0.3) is 0 Å². The lowest BCUT2D eigenvalue weighted by atomic mass is 9.98. The van der Waals surface area contributed by atoms with Crippen LogP contribution >= 0.6 is 0 Å². The zero-order valence-corrected chi connectivity index (χ0v) is 15.9. The standard InChI is InChI=1S/C23H20N4O/c1-15-21(10-19-7-4-8-20(12-25)22(19)26)13-27-16(2)23(15)28-14-18-6-3-5-17(9-18)11-24/h3-9,13H,10,14,26H2,1-2H3. The minimum atomic E-state index is 0.356. The van der Waals surface area contributed by atoms with Gasteiger partial charge >= 0.3 is 0 Å². The third-order valence-electron chi connectivity index (χ3n) is 4.70. The number of nitriles is 2. The van der Waals surface area contributed by atoms with Crippen LogP contribution in [0.15, 0.2) is 48.7 Å². The molecule has 0 saturated carbocycles. The van der Waals surface area contributed by atoms with Gasteiger partial charge in [-0.3, -0.25) is 4.98 Å². The van der Waals surface area contributed by atoms with Gasteiger partial charge in [0.05, 0.1) is 28.6 Å². The van der Waals surface area contributed by atoms with E-state index in [-0.39, 0.29) is 0 Å². The summed E-state index contributed by atoms with van der Waals surface area (Å²) in [5.41, 5.74) is 12.3. The first kappa shape index (κ1) is 18.9. The van der Waals surface area contributed by atoms with Crippen molar-refractivity contribution in [1.82, 2.24) is 4.98 Å². The van der Waals surface area contributed by atoms with E-state index in [1.807, 2.05) is 50.4 Å². The fraction of sp³-hybridized carbons (Fsp3) is 0.174. The molecule has 0 aliphatic rings. The van der Waals surface area contributed by atoms with Crippen molar-refractivity contribution in [3.8, 4) is 17.9 Å². The van der Waals surface area contributed by atoms with Crippen molar-refractivity contribution in [3.63, 3.8) is 0 Å². The fourth-order valence-corrected chi connectivity index (χ4v) is 3.09. The zero-order chi connectivity index (χ0) is 20.1. The molecule has 3 aromatic rings. The van der Waals surface area contributed by atoms with E-state index in [2.05, 4.69) is 17.1 Å². The molecule has 0 amide bonds. The van der Waals surface area contributed by atoms with Crippen LogP contribution in [0.3, 0.4) is 0 Å². The molecule has 0 unspecified atom stereocenters. The third-order valence-corrected chi connectivity index (χ3v) is 4.70. The molecule has 5 heteroatoms. The molecular weight excluding hydrogens is 348 g/mol. The number of anilines is 1. The molecule has 1 aromatic heterocycles. The first-order chi connectivity index (χ1) is 13.5. The number of nitrogens with two attached hydrogens (primary N) is 1. The van der Waals surface area contributed by atoms with Crippen molar-refractivity contribution < 1.29 is 4.74 Å². The number of para-hydroxylation sites is 1. The van der Waals surface area contributed by atoms with Gasteiger partial charge in [0.25, 0.3) is 0 Å². The summed E-state index contributed by atoms with van der Waals surface area (Å²) >= 11 is 0. The number of pyridine rings is 1. The number of nitrogens with zero attached hydrogens (tertiary/aromatic N) is 3. The maximum Gasteiger partial charge on any atom is 0.144 e. The second kappa shape index (κ2) is 8.24. The second-order valence-corrected chi connectivity index (χ2v) is 6.59. The predicted molar refractivity (Wildman–Crippen MR) is 108 cm³/mol. The first-order valence-electron chi connectivity index (χ1n) is 8.88. The highest BCUT2D eigenvalue weighted by Gasteiger charge is 2.13. The maximum atomic E-state index is 9.18. The lowest BCUT2D eigenvalue weighted by Crippen LogP contribution is -2.05. The van der Waals surface area contributed by atoms with Gasteiger partial charge in [-0.1, -0.05) is 24.3 Å². The van der Waals surface area contributed by atoms with E-state index in [4.69, 9.17) is 15.7 Å². The van der Waals surface area contributed by atoms with Crippen LogP contribution in [0.1, 0.15) is 39.1 Å². The summed E-state index contributed by atoms with van der Waals surface area (Å²) in [6, 6.07) is 17.1. The molecule has 2 aromatic carbocycles. The molecular formula is C23H20N4O. The van der Waals surface area contributed by atoms with Gasteiger partial charge in [0.2, 0.25) is 0 Å². The minimum absolute atomic E-state index is 0.356. The number of aromatic nitrogens is 1. The molecule has 0 saturated heterocycles. The van der Waals surface area contributed by atoms with Gasteiger partial charge < -0.3 is 10.5 Å². The molecule has 5 nitrogen and oxygen atoms in total. The Morgan fingerprint density at radius 3 is 2.57 bits per heavy atom. The molecule has 0 aliphatic carbocycles. The zero-order valence-electron chi connectivity index (χ0n) is 15.9. The van der Waals surface area contributed by atoms with Crippen molar-refractivity contribution in [2.24, 2.45) is 0 Å². The van der Waals surface area contributed by atoms with Gasteiger partial charge in [0.1, 0.15) is 18.4 Å². The molecule has 0 spiro atoms. The second-order valence-electron chi connectivity index (χ2n) is 6.59. The Balaban J connectivity index is 1.86. The number of ether oxygens (including phenoxy) is 1. The molecule has 0 fully saturated rings. The first-order valence-corrected chi connectivity index (χ1v) is 8.88. The Morgan fingerprint density at radius 2 is 1.82 bits per heavy atom. The van der Waals surface area contributed by atoms with Crippen molar-refractivity contribution in [2.75, 3.05) is 5.73 Å². The van der Waals surface area contributed by atoms with E-state index >= 15 is 0 Å². The Kier molecular flexibility index (Phi) is 5.58. The van der Waals surface area contributed by atoms with Crippen LogP contribution in [0, 0.1) is 36.5 Å². The van der Waals surface area contributed by atoms with Crippen molar-refractivity contribution >= 4 is 5.69 Å². The quantitative estimate of drug-likeness (QED) is 0.681. The van der Waals surface area contributed by atoms with E-state index in [1.165, 1.54) is 0 Å². The monoisotopic (exact) mass is 368 g/mol. The summed E-state index contributed by atoms with van der Waals surface area (Å²) in [5.74, 6) is 0.731. The molecule has 0 atom stereocenters. The minimum Gasteiger partial charge on any atom is -0.487 e. The van der Waals surface area contributed by atoms with Gasteiger partial charge in [0, 0.05) is 12.6 Å². The lowest BCUT2D eigenvalue weighted by molar-refractivity contribution is 0.300. The normalized spacial score (nSPS) is 10.1. The molecule has 2 N–H and O–H groups in total. The number of hydrogen-bond acceptors (Lipinski definition) is 5. The fourth-order valence-electron chi connectivity index (χ4n) is 3.09. The van der Waals surface area contributed by atoms with Gasteiger partial charge in [-0.05, 0) is 54.3 Å². The van der Waals surface area contributed by atoms with E-state index in [9.17, 15) is 5.26 Å². The van der Waals surface area contributed by atoms with E-state index in [0.717, 1.165) is 33.7 Å². The third kappa shape index (κ3) is 3.95. The average molecular weight is 368 g/mol. The van der Waals surface area contributed by atoms with Crippen LogP contribution in [-0.2, 0) is 13.0 Å². The number of benzene rings is 2. The molecule has 0 radical (unpaired) electrons. The molecule has 3 rings (SSSR count). The number of nitrogen functional groups attached to an aromatic ring is 1. The summed E-state index contributed by atoms with van der Waals surface area (Å²) in [7, 11) is 0. The predicted octanol–water partition coefficient (Wildman–Crippen LogP) is 4.19. The number of rotatable bonds is 5. The number of aryl methyl sites for hydroxylation is 1. The van der Waals surface area contributed by atoms with Gasteiger partial charge in [-0.15, -0.1) is 0 Å². The van der Waals surface area contributed by atoms with E-state index in [0.29, 0.717) is 29.8 Å². The van der Waals surface area contributed by atoms with Crippen LogP contribution in [0.2, 0.25) is 0 Å². The van der Waals surface area contributed by atoms with Crippen molar-refractivity contribution in [1.29, 1.82) is 10.5 Å². The average Bonchev–Trinajstić information content (AvgIpc) is 2.71. The van der Waals surface area contributed by atoms with Crippen molar-refractivity contribution in [3.05, 3.63) is 87.7 Å². The molecule has 0 bridgehead atoms. The number of hydrogen-bond donors (Lipinski definition) is 1. The van der Waals surface area contributed by atoms with Crippen molar-refractivity contribution in [2.45, 2.75) is 26.9 Å². The van der Waals surface area contributed by atoms with E-state index < -0.39 is 0 Å². The summed E-state index contributed by atoms with van der Waals surface area (Å²) in [4.78, 5) is 4.47. The molecule has 1 heterocycles. The Morgan fingerprint density at radius 1 is 1.04 bits per heavy atom. The van der Waals surface area contributed by atoms with Gasteiger partial charge in [-0.25, -0.2) is 0 Å². The SMILES string of the molecule is Cc1ncc(Cc2cccc(C#N)c2N)c(C)c1OCc1cccc(C#N)c1. The molecule has 0 aliphatic heterocycles. The van der Waals surface area contributed by atoms with E-state index in [1.54, 1.807) is 12.1 Å². The van der Waals surface area contributed by atoms with Crippen LogP contribution in [-0.4, -0.2) is 4.98 Å². The molecule has 28 heavy (non-hydrogen) atoms. The highest BCUT2D eigenvalue weighted by molar-refractivity contribution is 5.60. The summed E-state index contributed by atoms with van der Waals surface area (Å²) in [6.07, 6.45) is 2.40. The van der Waals surface area contributed by atoms with Crippen LogP contribution in [0.5, 0.6) is 5.75 Å². The van der Waals surface area contributed by atoms with Crippen LogP contribution < -0.4 is 10.5 Å². The maximum absolute atomic E-state index is 9.18. The van der Waals surface area contributed by atoms with Crippen LogP contribution in [0.4, 0.5) is 5.69 Å². The Bertz CT molecular complexity index is 1110. The lowest BCUT2D eigenvalue weighted by Gasteiger charge is -2.16. The smallest absolute Gasteiger partial charge is 0.144 e. The highest BCUT2D eigenvalue weighted by Crippen LogP contribution is 2.28. The summed E-state index contributed by atoms with van der Waals surface area (Å²) < 4.78 is 6.05. The summed E-state index contributed by atoms with van der Waals surface area (Å²) in [6.45, 7) is 4.26. The Labute approximate surface area is 164 Å². The summed E-state index contributed by atoms with van der Waals surface area (Å²) in [5, 5.41) is 18.2. The largest absolute Gasteiger partial charge is 0.487 e. The topological polar surface area (TPSA) is 95.7 Å². The van der Waals surface area contributed by atoms with Gasteiger partial charge in [-0.2, -0.15) is 10.5 Å². The van der Waals surface area contributed by atoms with Gasteiger partial charge in [0.15, 0.2) is 0 Å². The molecule has 138 valence electrons.